The van der Waals surface area contributed by atoms with Crippen molar-refractivity contribution in [1.82, 2.24) is 0 Å². The van der Waals surface area contributed by atoms with Crippen LogP contribution in [0, 0.1) is 46.3 Å². The lowest BCUT2D eigenvalue weighted by Gasteiger charge is -2.58. The maximum Gasteiger partial charge on any atom is 0.0968 e. The lowest BCUT2D eigenvalue weighted by atomic mass is 9.47. The van der Waals surface area contributed by atoms with E-state index in [2.05, 4.69) is 47.6 Å². The fraction of sp³-hybridized carbons (Fsp3) is 0.931. The maximum atomic E-state index is 10.3. The fourth-order valence-electron chi connectivity index (χ4n) is 9.72. The van der Waals surface area contributed by atoms with Gasteiger partial charge in [-0.05, 0) is 117 Å². The summed E-state index contributed by atoms with van der Waals surface area (Å²) >= 11 is 0. The molecule has 0 unspecified atom stereocenters. The molecule has 5 rings (SSSR count). The zero-order chi connectivity index (χ0) is 22.2. The summed E-state index contributed by atoms with van der Waals surface area (Å²) in [6, 6.07) is 0. The van der Waals surface area contributed by atoms with E-state index in [0.717, 1.165) is 42.4 Å². The first-order valence-electron chi connectivity index (χ1n) is 13.7. The largest absolute Gasteiger partial charge is 0.393 e. The number of aliphatic hydroxyl groups excluding tert-OH is 1. The lowest BCUT2D eigenvalue weighted by Crippen LogP contribution is -2.50. The van der Waals surface area contributed by atoms with E-state index in [1.54, 1.807) is 5.57 Å². The van der Waals surface area contributed by atoms with E-state index >= 15 is 0 Å². The number of hydrogen-bond donors (Lipinski definition) is 1. The van der Waals surface area contributed by atoms with Crippen LogP contribution in [0.15, 0.2) is 11.6 Å². The second-order valence-electron chi connectivity index (χ2n) is 13.3. The molecule has 2 heteroatoms. The van der Waals surface area contributed by atoms with Crippen molar-refractivity contribution in [3.05, 3.63) is 11.6 Å². The van der Waals surface area contributed by atoms with E-state index in [1.807, 2.05) is 0 Å². The molecule has 0 amide bonds. The van der Waals surface area contributed by atoms with Gasteiger partial charge in [0, 0.05) is 0 Å². The number of fused-ring (bicyclic) bond motifs is 5. The van der Waals surface area contributed by atoms with Crippen LogP contribution in [0.2, 0.25) is 0 Å². The maximum absolute atomic E-state index is 10.3. The van der Waals surface area contributed by atoms with E-state index in [-0.39, 0.29) is 11.7 Å². The normalized spacial score (nSPS) is 52.2. The molecule has 1 aliphatic heterocycles. The minimum absolute atomic E-state index is 0.0891. The lowest BCUT2D eigenvalue weighted by molar-refractivity contribution is -0.0576. The summed E-state index contributed by atoms with van der Waals surface area (Å²) < 4.78 is 6.13. The Balaban J connectivity index is 1.30. The van der Waals surface area contributed by atoms with Crippen LogP contribution in [-0.4, -0.2) is 22.9 Å². The van der Waals surface area contributed by atoms with Crippen molar-refractivity contribution < 1.29 is 9.84 Å². The first-order valence-corrected chi connectivity index (χ1v) is 13.7. The van der Waals surface area contributed by atoms with Crippen LogP contribution in [0.1, 0.15) is 106 Å². The van der Waals surface area contributed by atoms with Crippen molar-refractivity contribution in [3.63, 3.8) is 0 Å². The summed E-state index contributed by atoms with van der Waals surface area (Å²) in [7, 11) is 0. The zero-order valence-corrected chi connectivity index (χ0v) is 21.1. The van der Waals surface area contributed by atoms with Crippen LogP contribution >= 0.6 is 0 Å². The number of allylic oxidation sites excluding steroid dienone is 1. The van der Waals surface area contributed by atoms with Crippen LogP contribution in [0.25, 0.3) is 0 Å². The molecular formula is C29H48O2. The van der Waals surface area contributed by atoms with Gasteiger partial charge in [-0.1, -0.05) is 46.3 Å². The Labute approximate surface area is 191 Å². The summed E-state index contributed by atoms with van der Waals surface area (Å²) in [5, 5.41) is 10.3. The van der Waals surface area contributed by atoms with Gasteiger partial charge >= 0.3 is 0 Å². The predicted molar refractivity (Wildman–Crippen MR) is 128 cm³/mol. The predicted octanol–water partition coefficient (Wildman–Crippen LogP) is 7.16. The molecule has 0 radical (unpaired) electrons. The third-order valence-corrected chi connectivity index (χ3v) is 11.8. The quantitative estimate of drug-likeness (QED) is 0.372. The third kappa shape index (κ3) is 3.32. The highest BCUT2D eigenvalue weighted by Gasteiger charge is 2.60. The second kappa shape index (κ2) is 7.59. The van der Waals surface area contributed by atoms with E-state index in [1.165, 1.54) is 51.4 Å². The highest BCUT2D eigenvalue weighted by Crippen LogP contribution is 2.67. The van der Waals surface area contributed by atoms with Crippen molar-refractivity contribution in [2.24, 2.45) is 46.3 Å². The zero-order valence-electron chi connectivity index (χ0n) is 21.1. The van der Waals surface area contributed by atoms with Crippen LogP contribution < -0.4 is 0 Å². The Kier molecular flexibility index (Phi) is 5.50. The van der Waals surface area contributed by atoms with Crippen molar-refractivity contribution in [2.45, 2.75) is 124 Å². The number of aliphatic hydroxyl groups is 1. The first kappa shape index (κ1) is 22.5. The molecule has 0 aromatic rings. The molecule has 0 aromatic carbocycles. The number of epoxide rings is 1. The third-order valence-electron chi connectivity index (χ3n) is 11.8. The molecule has 4 fully saturated rings. The van der Waals surface area contributed by atoms with Crippen LogP contribution in [0.5, 0.6) is 0 Å². The minimum atomic E-state index is -0.0891. The van der Waals surface area contributed by atoms with Crippen LogP contribution in [0.4, 0.5) is 0 Å². The Bertz CT molecular complexity index is 726. The van der Waals surface area contributed by atoms with Crippen molar-refractivity contribution in [3.8, 4) is 0 Å². The molecule has 0 spiro atoms. The standard InChI is InChI=1S/C29H48O2/c1-18(2)29(20(4)31-29)16-11-19(3)24-9-10-25-23-8-7-21-17-22(30)12-14-27(21,5)26(23)13-15-28(24,25)6/h7,18-20,22-26,30H,8-17H2,1-6H3/t19-,20-,22-,23-,24+,25-,26-,27-,28+,29-/m0/s1. The Morgan fingerprint density at radius 1 is 1.06 bits per heavy atom. The summed E-state index contributed by atoms with van der Waals surface area (Å²) in [4.78, 5) is 0. The van der Waals surface area contributed by atoms with Gasteiger partial charge in [0.15, 0.2) is 0 Å². The van der Waals surface area contributed by atoms with Gasteiger partial charge in [-0.25, -0.2) is 0 Å². The van der Waals surface area contributed by atoms with Crippen LogP contribution in [-0.2, 0) is 4.74 Å². The molecule has 1 N–H and O–H groups in total. The van der Waals surface area contributed by atoms with E-state index in [0.29, 0.717) is 22.9 Å². The topological polar surface area (TPSA) is 32.8 Å². The van der Waals surface area contributed by atoms with E-state index < -0.39 is 0 Å². The second-order valence-corrected chi connectivity index (χ2v) is 13.3. The highest BCUT2D eigenvalue weighted by atomic mass is 16.6. The van der Waals surface area contributed by atoms with Gasteiger partial charge < -0.3 is 9.84 Å². The number of rotatable bonds is 5. The monoisotopic (exact) mass is 428 g/mol. The van der Waals surface area contributed by atoms with Gasteiger partial charge in [-0.3, -0.25) is 0 Å². The van der Waals surface area contributed by atoms with E-state index in [9.17, 15) is 5.11 Å². The minimum Gasteiger partial charge on any atom is -0.393 e. The first-order chi connectivity index (χ1) is 14.6. The van der Waals surface area contributed by atoms with Gasteiger partial charge in [-0.2, -0.15) is 0 Å². The van der Waals surface area contributed by atoms with Crippen molar-refractivity contribution >= 4 is 0 Å². The summed E-state index contributed by atoms with van der Waals surface area (Å²) in [5.74, 6) is 4.99. The smallest absolute Gasteiger partial charge is 0.0968 e. The molecule has 2 nitrogen and oxygen atoms in total. The average molecular weight is 429 g/mol. The molecule has 176 valence electrons. The molecular weight excluding hydrogens is 380 g/mol. The number of hydrogen-bond acceptors (Lipinski definition) is 2. The van der Waals surface area contributed by atoms with Crippen molar-refractivity contribution in [2.75, 3.05) is 0 Å². The Hall–Kier alpha value is -0.340. The molecule has 0 aromatic heterocycles. The van der Waals surface area contributed by atoms with Gasteiger partial charge in [0.1, 0.15) is 0 Å². The Morgan fingerprint density at radius 3 is 2.48 bits per heavy atom. The number of ether oxygens (including phenoxy) is 1. The van der Waals surface area contributed by atoms with Gasteiger partial charge in [0.25, 0.3) is 0 Å². The van der Waals surface area contributed by atoms with Crippen molar-refractivity contribution in [1.29, 1.82) is 0 Å². The molecule has 1 heterocycles. The molecule has 1 saturated heterocycles. The molecule has 4 aliphatic carbocycles. The van der Waals surface area contributed by atoms with Gasteiger partial charge in [0.2, 0.25) is 0 Å². The highest BCUT2D eigenvalue weighted by molar-refractivity contribution is 5.25. The summed E-state index contributed by atoms with van der Waals surface area (Å²) in [6.45, 7) is 14.8. The van der Waals surface area contributed by atoms with Gasteiger partial charge in [-0.15, -0.1) is 0 Å². The average Bonchev–Trinajstić information content (AvgIpc) is 3.25. The SMILES string of the molecule is CC(C)[C@]1(CC[C@H](C)[C@H]2CC[C@H]3[C@@H]4CC=C5C[C@@H](O)CC[C@]5(C)[C@H]4CC[C@]23C)O[C@H]1C. The molecule has 0 bridgehead atoms. The molecule has 5 aliphatic rings. The Morgan fingerprint density at radius 2 is 1.81 bits per heavy atom. The van der Waals surface area contributed by atoms with E-state index in [4.69, 9.17) is 4.74 Å². The summed E-state index contributed by atoms with van der Waals surface area (Å²) in [5.41, 5.74) is 2.69. The van der Waals surface area contributed by atoms with Gasteiger partial charge in [0.05, 0.1) is 17.8 Å². The van der Waals surface area contributed by atoms with Crippen LogP contribution in [0.3, 0.4) is 0 Å². The summed E-state index contributed by atoms with van der Waals surface area (Å²) in [6.07, 6.45) is 15.7. The fourth-order valence-corrected chi connectivity index (χ4v) is 9.72. The molecule has 10 atom stereocenters. The molecule has 31 heavy (non-hydrogen) atoms. The molecule has 3 saturated carbocycles.